The number of nitrogens with zero attached hydrogens (tertiary/aromatic N) is 4. The van der Waals surface area contributed by atoms with Gasteiger partial charge in [-0.05, 0) is 49.2 Å². The van der Waals surface area contributed by atoms with Crippen molar-refractivity contribution in [3.05, 3.63) is 88.2 Å². The number of ether oxygens (including phenoxy) is 2. The van der Waals surface area contributed by atoms with Crippen LogP contribution in [0.15, 0.2) is 76.7 Å². The fourth-order valence-electron chi connectivity index (χ4n) is 5.31. The highest BCUT2D eigenvalue weighted by Gasteiger charge is 2.23. The molecule has 2 aliphatic heterocycles. The van der Waals surface area contributed by atoms with Gasteiger partial charge in [-0.2, -0.15) is 0 Å². The van der Waals surface area contributed by atoms with Gasteiger partial charge in [-0.3, -0.25) is 19.0 Å². The van der Waals surface area contributed by atoms with Crippen LogP contribution in [0.3, 0.4) is 0 Å². The summed E-state index contributed by atoms with van der Waals surface area (Å²) in [6.07, 6.45) is 0.824. The average Bonchev–Trinajstić information content (AvgIpc) is 3.52. The first-order valence-electron chi connectivity index (χ1n) is 14.8. The normalized spacial score (nSPS) is 15.0. The highest BCUT2D eigenvalue weighted by Crippen LogP contribution is 2.35. The van der Waals surface area contributed by atoms with E-state index in [1.54, 1.807) is 16.7 Å². The molecule has 1 atom stereocenters. The van der Waals surface area contributed by atoms with E-state index in [0.29, 0.717) is 46.2 Å². The largest absolute Gasteiger partial charge is 0.454 e. The van der Waals surface area contributed by atoms with Gasteiger partial charge in [0.25, 0.3) is 11.5 Å². The minimum Gasteiger partial charge on any atom is -0.454 e. The average molecular weight is 614 g/mol. The van der Waals surface area contributed by atoms with Gasteiger partial charge in [-0.25, -0.2) is 4.98 Å². The SMILES string of the molecule is CCC(C)NC(=O)CSc1nc2cc3c(cc2c(=O)n1Cc1ccc(C(=O)N2CCN(c4ccccc4)CC2)cc1)OCO3. The van der Waals surface area contributed by atoms with Crippen molar-refractivity contribution in [2.24, 2.45) is 0 Å². The highest BCUT2D eigenvalue weighted by molar-refractivity contribution is 7.99. The molecular weight excluding hydrogens is 578 g/mol. The van der Waals surface area contributed by atoms with Gasteiger partial charge in [0.05, 0.1) is 23.2 Å². The lowest BCUT2D eigenvalue weighted by molar-refractivity contribution is -0.119. The summed E-state index contributed by atoms with van der Waals surface area (Å²) >= 11 is 1.22. The summed E-state index contributed by atoms with van der Waals surface area (Å²) in [5.74, 6) is 1.03. The number of anilines is 1. The Hall–Kier alpha value is -4.51. The number of amides is 2. The number of para-hydroxylation sites is 1. The zero-order chi connectivity index (χ0) is 30.6. The van der Waals surface area contributed by atoms with E-state index in [1.807, 2.05) is 61.2 Å². The van der Waals surface area contributed by atoms with Crippen molar-refractivity contribution in [1.82, 2.24) is 19.8 Å². The third-order valence-electron chi connectivity index (χ3n) is 8.00. The summed E-state index contributed by atoms with van der Waals surface area (Å²) in [5.41, 5.74) is 2.85. The van der Waals surface area contributed by atoms with Gasteiger partial charge in [-0.1, -0.05) is 49.0 Å². The molecule has 1 aromatic heterocycles. The summed E-state index contributed by atoms with van der Waals surface area (Å²) in [6.45, 7) is 7.14. The first-order valence-corrected chi connectivity index (χ1v) is 15.8. The number of fused-ring (bicyclic) bond motifs is 2. The van der Waals surface area contributed by atoms with Gasteiger partial charge < -0.3 is 24.6 Å². The van der Waals surface area contributed by atoms with Gasteiger partial charge in [0.15, 0.2) is 16.7 Å². The predicted molar refractivity (Wildman–Crippen MR) is 171 cm³/mol. The van der Waals surface area contributed by atoms with E-state index in [2.05, 4.69) is 22.3 Å². The van der Waals surface area contributed by atoms with Crippen molar-refractivity contribution >= 4 is 40.2 Å². The molecule has 3 aromatic carbocycles. The molecule has 0 saturated carbocycles. The Kier molecular flexibility index (Phi) is 8.74. The minimum atomic E-state index is -0.241. The van der Waals surface area contributed by atoms with Gasteiger partial charge in [0.1, 0.15) is 0 Å². The predicted octanol–water partition coefficient (Wildman–Crippen LogP) is 4.14. The van der Waals surface area contributed by atoms with Gasteiger partial charge in [0.2, 0.25) is 12.7 Å². The molecule has 3 heterocycles. The van der Waals surface area contributed by atoms with E-state index >= 15 is 0 Å². The van der Waals surface area contributed by atoms with E-state index in [0.717, 1.165) is 25.1 Å². The first kappa shape index (κ1) is 29.6. The Morgan fingerprint density at radius 2 is 1.68 bits per heavy atom. The second-order valence-corrected chi connectivity index (χ2v) is 11.9. The molecule has 1 unspecified atom stereocenters. The van der Waals surface area contributed by atoms with Crippen LogP contribution in [0.2, 0.25) is 0 Å². The molecule has 0 aliphatic carbocycles. The number of hydrogen-bond acceptors (Lipinski definition) is 8. The number of nitrogens with one attached hydrogen (secondary N) is 1. The molecule has 1 fully saturated rings. The Morgan fingerprint density at radius 1 is 0.977 bits per heavy atom. The van der Waals surface area contributed by atoms with Crippen LogP contribution in [-0.4, -0.2) is 71.0 Å². The quantitative estimate of drug-likeness (QED) is 0.222. The van der Waals surface area contributed by atoms with Gasteiger partial charge >= 0.3 is 0 Å². The van der Waals surface area contributed by atoms with E-state index in [1.165, 1.54) is 17.4 Å². The number of hydrogen-bond donors (Lipinski definition) is 1. The van der Waals surface area contributed by atoms with Crippen molar-refractivity contribution in [3.63, 3.8) is 0 Å². The molecule has 1 saturated heterocycles. The summed E-state index contributed by atoms with van der Waals surface area (Å²) in [5, 5.41) is 3.79. The lowest BCUT2D eigenvalue weighted by atomic mass is 10.1. The second-order valence-electron chi connectivity index (χ2n) is 11.0. The van der Waals surface area contributed by atoms with Crippen LogP contribution in [0.5, 0.6) is 11.5 Å². The zero-order valence-corrected chi connectivity index (χ0v) is 25.6. The van der Waals surface area contributed by atoms with Crippen LogP contribution in [0.25, 0.3) is 10.9 Å². The van der Waals surface area contributed by atoms with E-state index < -0.39 is 0 Å². The maximum atomic E-state index is 13.8. The van der Waals surface area contributed by atoms with Crippen molar-refractivity contribution in [3.8, 4) is 11.5 Å². The number of thioether (sulfide) groups is 1. The molecule has 1 N–H and O–H groups in total. The number of carbonyl (C=O) groups is 2. The maximum Gasteiger partial charge on any atom is 0.262 e. The molecule has 11 heteroatoms. The molecule has 0 radical (unpaired) electrons. The molecule has 2 amide bonds. The van der Waals surface area contributed by atoms with Crippen molar-refractivity contribution < 1.29 is 19.1 Å². The molecule has 228 valence electrons. The van der Waals surface area contributed by atoms with Crippen LogP contribution >= 0.6 is 11.8 Å². The van der Waals surface area contributed by atoms with Crippen molar-refractivity contribution in [2.45, 2.75) is 38.0 Å². The van der Waals surface area contributed by atoms with Crippen LogP contribution in [0.1, 0.15) is 36.2 Å². The Morgan fingerprint density at radius 3 is 2.39 bits per heavy atom. The van der Waals surface area contributed by atoms with Crippen molar-refractivity contribution in [2.75, 3.05) is 43.6 Å². The lowest BCUT2D eigenvalue weighted by Crippen LogP contribution is -2.48. The zero-order valence-electron chi connectivity index (χ0n) is 24.8. The standard InChI is InChI=1S/C33H35N5O5S/c1-3-22(2)34-30(39)20-44-33-35-27-18-29-28(42-21-43-29)17-26(27)32(41)38(33)19-23-9-11-24(12-10-23)31(40)37-15-13-36(14-16-37)25-7-5-4-6-8-25/h4-12,17-18,22H,3,13-16,19-21H2,1-2H3,(H,34,39). The molecule has 0 spiro atoms. The number of benzene rings is 3. The molecule has 10 nitrogen and oxygen atoms in total. The van der Waals surface area contributed by atoms with Crippen LogP contribution in [-0.2, 0) is 11.3 Å². The fourth-order valence-corrected chi connectivity index (χ4v) is 6.12. The molecule has 0 bridgehead atoms. The third-order valence-corrected chi connectivity index (χ3v) is 8.97. The smallest absolute Gasteiger partial charge is 0.262 e. The number of carbonyl (C=O) groups excluding carboxylic acids is 2. The number of piperazine rings is 1. The summed E-state index contributed by atoms with van der Waals surface area (Å²) < 4.78 is 12.6. The van der Waals surface area contributed by atoms with Crippen LogP contribution in [0, 0.1) is 0 Å². The number of aromatic nitrogens is 2. The van der Waals surface area contributed by atoms with E-state index in [-0.39, 0.29) is 42.5 Å². The van der Waals surface area contributed by atoms with Crippen molar-refractivity contribution in [1.29, 1.82) is 0 Å². The lowest BCUT2D eigenvalue weighted by Gasteiger charge is -2.36. The Balaban J connectivity index is 1.20. The van der Waals surface area contributed by atoms with Crippen LogP contribution in [0.4, 0.5) is 5.69 Å². The van der Waals surface area contributed by atoms with Gasteiger partial charge in [-0.15, -0.1) is 0 Å². The van der Waals surface area contributed by atoms with E-state index in [9.17, 15) is 14.4 Å². The van der Waals surface area contributed by atoms with E-state index in [4.69, 9.17) is 14.5 Å². The first-order chi connectivity index (χ1) is 21.4. The summed E-state index contributed by atoms with van der Waals surface area (Å²) in [7, 11) is 0. The molecule has 6 rings (SSSR count). The summed E-state index contributed by atoms with van der Waals surface area (Å²) in [6, 6.07) is 21.0. The monoisotopic (exact) mass is 613 g/mol. The maximum absolute atomic E-state index is 13.8. The second kappa shape index (κ2) is 13.0. The highest BCUT2D eigenvalue weighted by atomic mass is 32.2. The topological polar surface area (TPSA) is 106 Å². The number of rotatable bonds is 9. The van der Waals surface area contributed by atoms with Crippen LogP contribution < -0.4 is 25.2 Å². The Labute approximate surface area is 260 Å². The molecule has 2 aliphatic rings. The fraction of sp³-hybridized carbons (Fsp3) is 0.333. The molecular formula is C33H35N5O5S. The minimum absolute atomic E-state index is 0.00607. The van der Waals surface area contributed by atoms with Gasteiger partial charge in [0, 0.05) is 49.5 Å². The summed E-state index contributed by atoms with van der Waals surface area (Å²) in [4.78, 5) is 48.6. The molecule has 4 aromatic rings. The molecule has 44 heavy (non-hydrogen) atoms. The third kappa shape index (κ3) is 6.37. The Bertz CT molecular complexity index is 1720.